The van der Waals surface area contributed by atoms with Crippen LogP contribution in [0.2, 0.25) is 0 Å². The van der Waals surface area contributed by atoms with Crippen LogP contribution in [-0.4, -0.2) is 38.2 Å². The summed E-state index contributed by atoms with van der Waals surface area (Å²) < 4.78 is 2.08. The van der Waals surface area contributed by atoms with Gasteiger partial charge in [-0.3, -0.25) is 9.59 Å². The molecule has 0 radical (unpaired) electrons. The number of aryl methyl sites for hydroxylation is 2. The minimum atomic E-state index is -0.202. The second-order valence-electron chi connectivity index (χ2n) is 11.6. The maximum Gasteiger partial charge on any atom is 0.223 e. The molecule has 3 aromatic rings. The van der Waals surface area contributed by atoms with E-state index in [0.29, 0.717) is 35.3 Å². The lowest BCUT2D eigenvalue weighted by Gasteiger charge is -2.46. The zero-order valence-electron chi connectivity index (χ0n) is 22.4. The quantitative estimate of drug-likeness (QED) is 0.401. The Morgan fingerprint density at radius 3 is 2.68 bits per heavy atom. The first kappa shape index (κ1) is 25.2. The van der Waals surface area contributed by atoms with Crippen molar-refractivity contribution >= 4 is 22.7 Å². The molecule has 1 aliphatic heterocycles. The summed E-state index contributed by atoms with van der Waals surface area (Å²) in [5, 5.41) is 10.3. The molecule has 37 heavy (non-hydrogen) atoms. The SMILES string of the molecule is Cc1c(CC(=O)c2cccc(C#N)c2)cnc2c1c([C@@H]1CCN(C(=O)CC3CCC3)C(C)(C)C1)cn2C. The first-order chi connectivity index (χ1) is 17.7. The lowest BCUT2D eigenvalue weighted by molar-refractivity contribution is -0.140. The number of hydrogen-bond donors (Lipinski definition) is 0. The van der Waals surface area contributed by atoms with E-state index in [-0.39, 0.29) is 17.7 Å². The molecule has 1 saturated heterocycles. The van der Waals surface area contributed by atoms with Crippen LogP contribution in [0.4, 0.5) is 0 Å². The zero-order chi connectivity index (χ0) is 26.3. The van der Waals surface area contributed by atoms with Crippen molar-refractivity contribution in [2.24, 2.45) is 13.0 Å². The van der Waals surface area contributed by atoms with Gasteiger partial charge in [0.25, 0.3) is 0 Å². The van der Waals surface area contributed by atoms with Crippen LogP contribution >= 0.6 is 0 Å². The number of rotatable bonds is 6. The first-order valence-corrected chi connectivity index (χ1v) is 13.4. The van der Waals surface area contributed by atoms with Crippen LogP contribution < -0.4 is 0 Å². The van der Waals surface area contributed by atoms with Gasteiger partial charge in [0.05, 0.1) is 11.6 Å². The maximum atomic E-state index is 13.1. The fourth-order valence-corrected chi connectivity index (χ4v) is 6.29. The molecule has 1 atom stereocenters. The van der Waals surface area contributed by atoms with Crippen LogP contribution in [-0.2, 0) is 18.3 Å². The van der Waals surface area contributed by atoms with E-state index in [9.17, 15) is 14.9 Å². The Hall–Kier alpha value is -3.46. The number of carbonyl (C=O) groups is 2. The molecule has 1 saturated carbocycles. The third kappa shape index (κ3) is 4.80. The van der Waals surface area contributed by atoms with Gasteiger partial charge in [-0.25, -0.2) is 4.98 Å². The van der Waals surface area contributed by atoms with E-state index in [0.717, 1.165) is 41.5 Å². The molecule has 1 amide bonds. The molecule has 1 aromatic carbocycles. The molecule has 3 heterocycles. The number of piperidine rings is 1. The molecule has 2 aliphatic rings. The number of fused-ring (bicyclic) bond motifs is 1. The molecule has 0 N–H and O–H groups in total. The van der Waals surface area contributed by atoms with Gasteiger partial charge in [0.2, 0.25) is 5.91 Å². The zero-order valence-corrected chi connectivity index (χ0v) is 22.4. The number of nitriles is 1. The molecule has 0 unspecified atom stereocenters. The summed E-state index contributed by atoms with van der Waals surface area (Å²) in [7, 11) is 2.03. The van der Waals surface area contributed by atoms with Gasteiger partial charge in [-0.1, -0.05) is 18.6 Å². The highest BCUT2D eigenvalue weighted by atomic mass is 16.2. The van der Waals surface area contributed by atoms with E-state index in [2.05, 4.69) is 42.5 Å². The van der Waals surface area contributed by atoms with Crippen LogP contribution in [0.15, 0.2) is 36.7 Å². The summed E-state index contributed by atoms with van der Waals surface area (Å²) in [6.07, 6.45) is 10.4. The third-order valence-electron chi connectivity index (χ3n) is 8.65. The molecule has 0 spiro atoms. The highest BCUT2D eigenvalue weighted by molar-refractivity contribution is 5.98. The monoisotopic (exact) mass is 496 g/mol. The van der Waals surface area contributed by atoms with Crippen molar-refractivity contribution in [3.8, 4) is 6.07 Å². The number of hydrogen-bond acceptors (Lipinski definition) is 4. The summed E-state index contributed by atoms with van der Waals surface area (Å²) in [5.74, 6) is 1.20. The standard InChI is InChI=1S/C31H36N4O2/c1-20-25(15-27(36)23-10-6-9-22(13-23)17-32)18-33-30-29(20)26(19-34(30)4)24-11-12-35(31(2,3)16-24)28(37)14-21-7-5-8-21/h6,9-10,13,18-19,21,24H,5,7-8,11-12,14-16H2,1-4H3/t24-/m1/s1. The van der Waals surface area contributed by atoms with Crippen LogP contribution in [0, 0.1) is 24.2 Å². The predicted octanol–water partition coefficient (Wildman–Crippen LogP) is 5.85. The molecule has 6 nitrogen and oxygen atoms in total. The molecular formula is C31H36N4O2. The molecule has 1 aliphatic carbocycles. The lowest BCUT2D eigenvalue weighted by Crippen LogP contribution is -2.52. The third-order valence-corrected chi connectivity index (χ3v) is 8.65. The summed E-state index contributed by atoms with van der Waals surface area (Å²) in [6, 6.07) is 8.98. The second-order valence-corrected chi connectivity index (χ2v) is 11.6. The number of pyridine rings is 1. The highest BCUT2D eigenvalue weighted by Gasteiger charge is 2.39. The maximum absolute atomic E-state index is 13.1. The normalized spacial score (nSPS) is 19.4. The number of carbonyl (C=O) groups excluding carboxylic acids is 2. The van der Waals surface area contributed by atoms with Gasteiger partial charge in [0.1, 0.15) is 5.65 Å². The highest BCUT2D eigenvalue weighted by Crippen LogP contribution is 2.42. The number of Topliss-reactive ketones (excluding diaryl/α,β-unsaturated/α-hetero) is 1. The van der Waals surface area contributed by atoms with Crippen LogP contribution in [0.25, 0.3) is 11.0 Å². The second kappa shape index (κ2) is 9.78. The van der Waals surface area contributed by atoms with E-state index in [1.54, 1.807) is 24.3 Å². The minimum Gasteiger partial charge on any atom is -0.338 e. The van der Waals surface area contributed by atoms with Gasteiger partial charge in [-0.15, -0.1) is 0 Å². The number of ketones is 1. The minimum absolute atomic E-state index is 0.0155. The number of likely N-dealkylation sites (tertiary alicyclic amines) is 1. The van der Waals surface area contributed by atoms with Gasteiger partial charge in [0.15, 0.2) is 5.78 Å². The molecule has 2 fully saturated rings. The summed E-state index contributed by atoms with van der Waals surface area (Å²) in [5.41, 5.74) is 5.03. The van der Waals surface area contributed by atoms with Crippen molar-refractivity contribution in [3.05, 3.63) is 64.5 Å². The Morgan fingerprint density at radius 1 is 1.22 bits per heavy atom. The Labute approximate surface area is 219 Å². The molecule has 6 heteroatoms. The van der Waals surface area contributed by atoms with E-state index >= 15 is 0 Å². The number of amides is 1. The molecule has 192 valence electrons. The lowest BCUT2D eigenvalue weighted by atomic mass is 9.77. The topological polar surface area (TPSA) is 79.0 Å². The Kier molecular flexibility index (Phi) is 6.66. The van der Waals surface area contributed by atoms with Crippen molar-refractivity contribution in [1.82, 2.24) is 14.5 Å². The van der Waals surface area contributed by atoms with Gasteiger partial charge >= 0.3 is 0 Å². The van der Waals surface area contributed by atoms with Gasteiger partial charge in [-0.2, -0.15) is 5.26 Å². The van der Waals surface area contributed by atoms with E-state index in [4.69, 9.17) is 4.98 Å². The average molecular weight is 497 g/mol. The molecule has 2 aromatic heterocycles. The number of aromatic nitrogens is 2. The largest absolute Gasteiger partial charge is 0.338 e. The Bertz CT molecular complexity index is 1410. The summed E-state index contributed by atoms with van der Waals surface area (Å²) in [4.78, 5) is 33.0. The molecule has 0 bridgehead atoms. The first-order valence-electron chi connectivity index (χ1n) is 13.4. The number of nitrogens with zero attached hydrogens (tertiary/aromatic N) is 4. The van der Waals surface area contributed by atoms with Gasteiger partial charge in [0, 0.05) is 55.3 Å². The average Bonchev–Trinajstić information content (AvgIpc) is 3.19. The number of benzene rings is 1. The smallest absolute Gasteiger partial charge is 0.223 e. The van der Waals surface area contributed by atoms with E-state index in [1.807, 2.05) is 13.2 Å². The summed E-state index contributed by atoms with van der Waals surface area (Å²) in [6.45, 7) is 7.27. The predicted molar refractivity (Wildman–Crippen MR) is 144 cm³/mol. The van der Waals surface area contributed by atoms with Crippen molar-refractivity contribution in [3.63, 3.8) is 0 Å². The molecular weight excluding hydrogens is 460 g/mol. The van der Waals surface area contributed by atoms with Crippen molar-refractivity contribution in [2.75, 3.05) is 6.54 Å². The van der Waals surface area contributed by atoms with Gasteiger partial charge in [-0.05, 0) is 87.1 Å². The Balaban J connectivity index is 1.40. The van der Waals surface area contributed by atoms with Crippen LogP contribution in [0.1, 0.15) is 90.9 Å². The van der Waals surface area contributed by atoms with Crippen molar-refractivity contribution in [2.45, 2.75) is 77.2 Å². The summed E-state index contributed by atoms with van der Waals surface area (Å²) >= 11 is 0. The fraction of sp³-hybridized carbons (Fsp3) is 0.484. The van der Waals surface area contributed by atoms with Crippen molar-refractivity contribution in [1.29, 1.82) is 5.26 Å². The fourth-order valence-electron chi connectivity index (χ4n) is 6.29. The molecule has 5 rings (SSSR count). The van der Waals surface area contributed by atoms with E-state index < -0.39 is 0 Å². The van der Waals surface area contributed by atoms with Crippen molar-refractivity contribution < 1.29 is 9.59 Å². The Morgan fingerprint density at radius 2 is 2.00 bits per heavy atom. The van der Waals surface area contributed by atoms with Gasteiger partial charge < -0.3 is 9.47 Å². The van der Waals surface area contributed by atoms with Crippen LogP contribution in [0.3, 0.4) is 0 Å². The van der Waals surface area contributed by atoms with E-state index in [1.165, 1.54) is 24.8 Å². The van der Waals surface area contributed by atoms with Crippen LogP contribution in [0.5, 0.6) is 0 Å².